The van der Waals surface area contributed by atoms with E-state index in [0.29, 0.717) is 5.92 Å². The second kappa shape index (κ2) is 5.70. The second-order valence-corrected chi connectivity index (χ2v) is 6.96. The van der Waals surface area contributed by atoms with Crippen molar-refractivity contribution in [2.24, 2.45) is 5.92 Å². The lowest BCUT2D eigenvalue weighted by Gasteiger charge is -2.33. The fraction of sp³-hybridized carbons (Fsp3) is 0.800. The van der Waals surface area contributed by atoms with E-state index in [0.717, 1.165) is 6.54 Å². The van der Waals surface area contributed by atoms with Gasteiger partial charge in [-0.1, -0.05) is 20.8 Å². The van der Waals surface area contributed by atoms with Crippen LogP contribution in [0.1, 0.15) is 62.5 Å². The summed E-state index contributed by atoms with van der Waals surface area (Å²) in [6.07, 6.45) is 6.27. The van der Waals surface area contributed by atoms with Crippen molar-refractivity contribution < 1.29 is 0 Å². The highest BCUT2D eigenvalue weighted by Gasteiger charge is 2.34. The molecule has 0 fully saturated rings. The van der Waals surface area contributed by atoms with Gasteiger partial charge < -0.3 is 5.32 Å². The maximum Gasteiger partial charge on any atom is 0.113 e. The van der Waals surface area contributed by atoms with Gasteiger partial charge in [-0.25, -0.2) is 4.98 Å². The normalized spacial score (nSPS) is 18.7. The minimum absolute atomic E-state index is 0.0397. The van der Waals surface area contributed by atoms with Crippen LogP contribution < -0.4 is 5.32 Å². The Morgan fingerprint density at radius 2 is 2.06 bits per heavy atom. The molecule has 18 heavy (non-hydrogen) atoms. The predicted octanol–water partition coefficient (Wildman–Crippen LogP) is 3.89. The fourth-order valence-electron chi connectivity index (χ4n) is 2.49. The van der Waals surface area contributed by atoms with Gasteiger partial charge in [-0.05, 0) is 51.5 Å². The van der Waals surface area contributed by atoms with Gasteiger partial charge in [0, 0.05) is 4.88 Å². The zero-order chi connectivity index (χ0) is 13.2. The lowest BCUT2D eigenvalue weighted by Crippen LogP contribution is -2.44. The Kier molecular flexibility index (Phi) is 4.44. The summed E-state index contributed by atoms with van der Waals surface area (Å²) < 4.78 is 0. The van der Waals surface area contributed by atoms with Crippen LogP contribution in [0.4, 0.5) is 0 Å². The van der Waals surface area contributed by atoms with Crippen LogP contribution in [-0.4, -0.2) is 11.5 Å². The van der Waals surface area contributed by atoms with Gasteiger partial charge in [-0.15, -0.1) is 11.3 Å². The van der Waals surface area contributed by atoms with Gasteiger partial charge in [-0.2, -0.15) is 0 Å². The van der Waals surface area contributed by atoms with Crippen molar-refractivity contribution in [3.05, 3.63) is 15.6 Å². The zero-order valence-electron chi connectivity index (χ0n) is 12.2. The summed E-state index contributed by atoms with van der Waals surface area (Å²) in [4.78, 5) is 6.50. The van der Waals surface area contributed by atoms with Crippen molar-refractivity contribution in [2.45, 2.75) is 65.3 Å². The Hall–Kier alpha value is -0.410. The van der Waals surface area contributed by atoms with E-state index >= 15 is 0 Å². The van der Waals surface area contributed by atoms with Crippen LogP contribution >= 0.6 is 11.3 Å². The van der Waals surface area contributed by atoms with E-state index in [2.05, 4.69) is 33.0 Å². The van der Waals surface area contributed by atoms with Gasteiger partial charge in [0.25, 0.3) is 0 Å². The molecule has 1 N–H and O–H groups in total. The van der Waals surface area contributed by atoms with Gasteiger partial charge >= 0.3 is 0 Å². The summed E-state index contributed by atoms with van der Waals surface area (Å²) in [6.45, 7) is 10.2. The zero-order valence-corrected chi connectivity index (χ0v) is 13.0. The smallest absolute Gasteiger partial charge is 0.113 e. The van der Waals surface area contributed by atoms with Crippen LogP contribution in [0.5, 0.6) is 0 Å². The Morgan fingerprint density at radius 3 is 2.67 bits per heavy atom. The second-order valence-electron chi connectivity index (χ2n) is 5.88. The van der Waals surface area contributed by atoms with E-state index < -0.39 is 0 Å². The highest BCUT2D eigenvalue weighted by Crippen LogP contribution is 2.36. The Bertz CT molecular complexity index is 374. The first-order valence-corrected chi connectivity index (χ1v) is 8.13. The van der Waals surface area contributed by atoms with Gasteiger partial charge in [0.15, 0.2) is 0 Å². The third kappa shape index (κ3) is 2.62. The van der Waals surface area contributed by atoms with Gasteiger partial charge in [0.1, 0.15) is 5.01 Å². The molecule has 0 amide bonds. The average Bonchev–Trinajstić information content (AvgIpc) is 2.79. The first kappa shape index (κ1) is 14.0. The molecule has 0 radical (unpaired) electrons. The van der Waals surface area contributed by atoms with Gasteiger partial charge in [0.2, 0.25) is 0 Å². The summed E-state index contributed by atoms with van der Waals surface area (Å²) in [7, 11) is 0. The minimum Gasteiger partial charge on any atom is -0.305 e. The monoisotopic (exact) mass is 266 g/mol. The molecule has 0 spiro atoms. The van der Waals surface area contributed by atoms with Crippen LogP contribution in [0.15, 0.2) is 0 Å². The van der Waals surface area contributed by atoms with E-state index in [9.17, 15) is 0 Å². The molecule has 2 rings (SSSR count). The Balaban J connectivity index is 2.27. The molecular weight excluding hydrogens is 240 g/mol. The van der Waals surface area contributed by atoms with Crippen LogP contribution in [0.25, 0.3) is 0 Å². The van der Waals surface area contributed by atoms with E-state index in [1.807, 2.05) is 11.3 Å². The number of hydrogen-bond acceptors (Lipinski definition) is 3. The van der Waals surface area contributed by atoms with Crippen molar-refractivity contribution in [3.63, 3.8) is 0 Å². The van der Waals surface area contributed by atoms with E-state index in [1.54, 1.807) is 4.88 Å². The number of nitrogens with zero attached hydrogens (tertiary/aromatic N) is 1. The molecule has 1 aromatic heterocycles. The molecule has 1 unspecified atom stereocenters. The average molecular weight is 266 g/mol. The van der Waals surface area contributed by atoms with Crippen molar-refractivity contribution in [2.75, 3.05) is 6.54 Å². The molecule has 0 saturated carbocycles. The van der Waals surface area contributed by atoms with Crippen LogP contribution in [-0.2, 0) is 18.4 Å². The number of thiazole rings is 1. The number of fused-ring (bicyclic) bond motifs is 1. The highest BCUT2D eigenvalue weighted by atomic mass is 32.1. The molecule has 0 bridgehead atoms. The van der Waals surface area contributed by atoms with Crippen molar-refractivity contribution in [3.8, 4) is 0 Å². The molecular formula is C15H26N2S. The van der Waals surface area contributed by atoms with Gasteiger partial charge in [-0.3, -0.25) is 0 Å². The number of nitrogens with one attached hydrogen (secondary N) is 1. The lowest BCUT2D eigenvalue weighted by atomic mass is 9.89. The summed E-state index contributed by atoms with van der Waals surface area (Å²) in [5.41, 5.74) is 1.42. The molecule has 0 aromatic carbocycles. The first-order valence-electron chi connectivity index (χ1n) is 7.32. The Morgan fingerprint density at radius 1 is 1.33 bits per heavy atom. The fourth-order valence-corrected chi connectivity index (χ4v) is 3.91. The largest absolute Gasteiger partial charge is 0.305 e. The first-order chi connectivity index (χ1) is 8.58. The quantitative estimate of drug-likeness (QED) is 0.874. The molecule has 1 aliphatic carbocycles. The number of aromatic nitrogens is 1. The predicted molar refractivity (Wildman–Crippen MR) is 79.2 cm³/mol. The molecule has 1 aliphatic rings. The third-order valence-electron chi connectivity index (χ3n) is 4.19. The molecule has 3 heteroatoms. The molecule has 102 valence electrons. The number of hydrogen-bond donors (Lipinski definition) is 1. The molecule has 0 saturated heterocycles. The summed E-state index contributed by atoms with van der Waals surface area (Å²) >= 11 is 1.95. The van der Waals surface area contributed by atoms with E-state index in [-0.39, 0.29) is 5.54 Å². The maximum absolute atomic E-state index is 4.95. The minimum atomic E-state index is 0.0397. The van der Waals surface area contributed by atoms with E-state index in [1.165, 1.54) is 42.8 Å². The summed E-state index contributed by atoms with van der Waals surface area (Å²) in [5, 5.41) is 5.02. The van der Waals surface area contributed by atoms with Gasteiger partial charge in [0.05, 0.1) is 11.2 Å². The molecule has 1 atom stereocenters. The van der Waals surface area contributed by atoms with Crippen molar-refractivity contribution in [1.82, 2.24) is 10.3 Å². The molecule has 2 nitrogen and oxygen atoms in total. The summed E-state index contributed by atoms with van der Waals surface area (Å²) in [6, 6.07) is 0. The maximum atomic E-state index is 4.95. The SMILES string of the molecule is CCCNC(C)(c1nc2c(s1)CCCC2)C(C)C. The molecule has 0 aliphatic heterocycles. The topological polar surface area (TPSA) is 24.9 Å². The van der Waals surface area contributed by atoms with Crippen LogP contribution in [0, 0.1) is 5.92 Å². The van der Waals surface area contributed by atoms with Crippen LogP contribution in [0.2, 0.25) is 0 Å². The van der Waals surface area contributed by atoms with Crippen molar-refractivity contribution >= 4 is 11.3 Å². The standard InChI is InChI=1S/C15H26N2S/c1-5-10-16-15(4,11(2)3)14-17-12-8-6-7-9-13(12)18-14/h11,16H,5-10H2,1-4H3. The highest BCUT2D eigenvalue weighted by molar-refractivity contribution is 7.11. The third-order valence-corrected chi connectivity index (χ3v) is 5.58. The Labute approximate surface area is 115 Å². The van der Waals surface area contributed by atoms with Crippen molar-refractivity contribution in [1.29, 1.82) is 0 Å². The molecule has 1 heterocycles. The number of aryl methyl sites for hydroxylation is 2. The summed E-state index contributed by atoms with van der Waals surface area (Å²) in [5.74, 6) is 0.566. The lowest BCUT2D eigenvalue weighted by molar-refractivity contribution is 0.265. The van der Waals surface area contributed by atoms with E-state index in [4.69, 9.17) is 4.98 Å². The van der Waals surface area contributed by atoms with Crippen LogP contribution in [0.3, 0.4) is 0 Å². The number of rotatable bonds is 5. The molecule has 1 aromatic rings.